The van der Waals surface area contributed by atoms with Crippen LogP contribution < -0.4 is 29.6 Å². The van der Waals surface area contributed by atoms with Crippen molar-refractivity contribution < 1.29 is 43.6 Å². The van der Waals surface area contributed by atoms with Crippen molar-refractivity contribution in [2.45, 2.75) is 26.2 Å². The van der Waals surface area contributed by atoms with Crippen molar-refractivity contribution in [2.24, 2.45) is 0 Å². The van der Waals surface area contributed by atoms with Gasteiger partial charge in [0.25, 0.3) is 10.1 Å². The molecule has 0 aliphatic rings. The Morgan fingerprint density at radius 2 is 2.00 bits per heavy atom. The van der Waals surface area contributed by atoms with E-state index in [9.17, 15) is 8.42 Å². The third kappa shape index (κ3) is 11.2. The third-order valence-electron chi connectivity index (χ3n) is 1.31. The molecule has 6 heteroatoms. The fraction of sp³-hybridized carbons (Fsp3) is 1.00. The molecule has 0 aliphatic heterocycles. The van der Waals surface area contributed by atoms with Gasteiger partial charge in [-0.1, -0.05) is 13.3 Å². The first-order chi connectivity index (χ1) is 5.62. The molecule has 0 spiro atoms. The van der Waals surface area contributed by atoms with Crippen LogP contribution in [0, 0.1) is 0 Å². The molecule has 0 aromatic heterocycles. The minimum absolute atomic E-state index is 0. The monoisotopic (exact) mass is 236 g/mol. The Kier molecular flexibility index (Phi) is 12.6. The SMILES string of the molecule is CCCCOS(=O)(=O)CCCS.[H-].[Na+]. The summed E-state index contributed by atoms with van der Waals surface area (Å²) < 4.78 is 26.7. The van der Waals surface area contributed by atoms with Gasteiger partial charge in [-0.15, -0.1) is 0 Å². The Morgan fingerprint density at radius 1 is 1.38 bits per heavy atom. The van der Waals surface area contributed by atoms with E-state index < -0.39 is 10.1 Å². The molecule has 0 aliphatic carbocycles. The maximum atomic E-state index is 11.0. The van der Waals surface area contributed by atoms with Crippen molar-refractivity contribution in [1.29, 1.82) is 0 Å². The zero-order valence-electron chi connectivity index (χ0n) is 9.32. The summed E-state index contributed by atoms with van der Waals surface area (Å²) in [6, 6.07) is 0. The summed E-state index contributed by atoms with van der Waals surface area (Å²) >= 11 is 3.92. The van der Waals surface area contributed by atoms with E-state index in [1.165, 1.54) is 0 Å². The van der Waals surface area contributed by atoms with Crippen LogP contribution in [0.5, 0.6) is 0 Å². The Balaban J connectivity index is -0.000000605. The predicted octanol–water partition coefficient (Wildman–Crippen LogP) is -1.43. The first kappa shape index (κ1) is 16.7. The van der Waals surface area contributed by atoms with Gasteiger partial charge in [0, 0.05) is 0 Å². The van der Waals surface area contributed by atoms with Gasteiger partial charge in [-0.3, -0.25) is 4.18 Å². The second-order valence-electron chi connectivity index (χ2n) is 2.51. The summed E-state index contributed by atoms with van der Waals surface area (Å²) in [6.07, 6.45) is 2.29. The number of thiol groups is 1. The molecule has 0 heterocycles. The van der Waals surface area contributed by atoms with Crippen molar-refractivity contribution in [3.05, 3.63) is 0 Å². The Bertz CT molecular complexity index is 197. The fourth-order valence-electron chi connectivity index (χ4n) is 0.630. The van der Waals surface area contributed by atoms with Crippen molar-refractivity contribution in [2.75, 3.05) is 18.1 Å². The van der Waals surface area contributed by atoms with Crippen LogP contribution in [-0.4, -0.2) is 26.5 Å². The zero-order valence-corrected chi connectivity index (χ0v) is 12.0. The molecule has 0 fully saturated rings. The second-order valence-corrected chi connectivity index (χ2v) is 4.72. The van der Waals surface area contributed by atoms with E-state index in [0.717, 1.165) is 12.8 Å². The van der Waals surface area contributed by atoms with E-state index in [1.54, 1.807) is 0 Å². The third-order valence-corrected chi connectivity index (χ3v) is 2.94. The van der Waals surface area contributed by atoms with Crippen LogP contribution in [0.15, 0.2) is 0 Å². The van der Waals surface area contributed by atoms with Crippen LogP contribution in [0.1, 0.15) is 27.6 Å². The molecule has 3 nitrogen and oxygen atoms in total. The summed E-state index contributed by atoms with van der Waals surface area (Å²) in [7, 11) is -3.26. The summed E-state index contributed by atoms with van der Waals surface area (Å²) in [5, 5.41) is 0. The van der Waals surface area contributed by atoms with E-state index in [1.807, 2.05) is 6.92 Å². The molecule has 0 unspecified atom stereocenters. The number of hydrogen-bond donors (Lipinski definition) is 1. The van der Waals surface area contributed by atoms with Gasteiger partial charge in [-0.05, 0) is 18.6 Å². The molecular weight excluding hydrogens is 219 g/mol. The minimum atomic E-state index is -3.26. The van der Waals surface area contributed by atoms with Crippen molar-refractivity contribution >= 4 is 22.7 Å². The van der Waals surface area contributed by atoms with Crippen LogP contribution in [0.3, 0.4) is 0 Å². The first-order valence-corrected chi connectivity index (χ1v) is 6.31. The van der Waals surface area contributed by atoms with Crippen molar-refractivity contribution in [3.8, 4) is 0 Å². The normalized spacial score (nSPS) is 10.9. The van der Waals surface area contributed by atoms with Crippen LogP contribution in [0.4, 0.5) is 0 Å². The molecule has 0 N–H and O–H groups in total. The van der Waals surface area contributed by atoms with E-state index >= 15 is 0 Å². The first-order valence-electron chi connectivity index (χ1n) is 4.10. The molecule has 13 heavy (non-hydrogen) atoms. The number of rotatable bonds is 7. The van der Waals surface area contributed by atoms with E-state index in [4.69, 9.17) is 4.18 Å². The molecule has 76 valence electrons. The van der Waals surface area contributed by atoms with E-state index in [0.29, 0.717) is 18.8 Å². The van der Waals surface area contributed by atoms with Crippen LogP contribution in [0.25, 0.3) is 0 Å². The van der Waals surface area contributed by atoms with Gasteiger partial charge in [0.05, 0.1) is 12.4 Å². The van der Waals surface area contributed by atoms with E-state index in [2.05, 4.69) is 12.6 Å². The molecule has 0 atom stereocenters. The average molecular weight is 236 g/mol. The summed E-state index contributed by atoms with van der Waals surface area (Å²) in [6.45, 7) is 2.30. The van der Waals surface area contributed by atoms with Gasteiger partial charge in [0.1, 0.15) is 0 Å². The summed E-state index contributed by atoms with van der Waals surface area (Å²) in [5.74, 6) is 0.663. The standard InChI is InChI=1S/C7H16O3S2.Na.H/c1-2-3-5-10-12(8,9)7-4-6-11;;/h11H,2-7H2,1H3;;/q;+1;-1. The minimum Gasteiger partial charge on any atom is -1.00 e. The maximum Gasteiger partial charge on any atom is 1.00 e. The molecule has 0 aromatic rings. The largest absolute Gasteiger partial charge is 1.00 e. The predicted molar refractivity (Wildman–Crippen MR) is 54.2 cm³/mol. The topological polar surface area (TPSA) is 43.4 Å². The van der Waals surface area contributed by atoms with Crippen LogP contribution in [0.2, 0.25) is 0 Å². The van der Waals surface area contributed by atoms with Gasteiger partial charge in [0.2, 0.25) is 0 Å². The number of unbranched alkanes of at least 4 members (excludes halogenated alkanes) is 1. The van der Waals surface area contributed by atoms with Crippen molar-refractivity contribution in [1.82, 2.24) is 0 Å². The quantitative estimate of drug-likeness (QED) is 0.255. The van der Waals surface area contributed by atoms with Gasteiger partial charge in [-0.25, -0.2) is 0 Å². The van der Waals surface area contributed by atoms with Gasteiger partial charge >= 0.3 is 29.6 Å². The second kappa shape index (κ2) is 9.80. The molecule has 0 amide bonds. The Morgan fingerprint density at radius 3 is 2.46 bits per heavy atom. The summed E-state index contributed by atoms with van der Waals surface area (Å²) in [4.78, 5) is 0. The van der Waals surface area contributed by atoms with Gasteiger partial charge in [-0.2, -0.15) is 21.0 Å². The molecule has 0 radical (unpaired) electrons. The van der Waals surface area contributed by atoms with Crippen LogP contribution in [-0.2, 0) is 14.3 Å². The van der Waals surface area contributed by atoms with Gasteiger partial charge < -0.3 is 1.43 Å². The van der Waals surface area contributed by atoms with Gasteiger partial charge in [0.15, 0.2) is 0 Å². The Hall–Kier alpha value is 1.26. The molecule has 0 rings (SSSR count). The molecular formula is C7H17NaO3S2. The molecule has 0 saturated heterocycles. The smallest absolute Gasteiger partial charge is 1.00 e. The fourth-order valence-corrected chi connectivity index (χ4v) is 1.99. The molecule has 0 saturated carbocycles. The summed E-state index contributed by atoms with van der Waals surface area (Å²) in [5.41, 5.74) is 0. The Labute approximate surface area is 110 Å². The van der Waals surface area contributed by atoms with Crippen molar-refractivity contribution in [3.63, 3.8) is 0 Å². The van der Waals surface area contributed by atoms with E-state index in [-0.39, 0.29) is 36.7 Å². The average Bonchev–Trinajstić information content (AvgIpc) is 2.01. The van der Waals surface area contributed by atoms with Crippen LogP contribution >= 0.6 is 12.6 Å². The molecule has 0 aromatic carbocycles. The zero-order chi connectivity index (χ0) is 9.45. The molecule has 0 bridgehead atoms. The maximum absolute atomic E-state index is 11.0. The number of hydrogen-bond acceptors (Lipinski definition) is 4.